The molecule has 0 atom stereocenters. The molecule has 1 amide bonds. The molecule has 5 rings (SSSR count). The molecule has 0 bridgehead atoms. The topological polar surface area (TPSA) is 60.5 Å². The lowest BCUT2D eigenvalue weighted by atomic mass is 10.1. The smallest absolute Gasteiger partial charge is 0.294 e. The number of methoxy groups -OCH3 is 2. The number of carbonyl (C=O) groups excluding carboxylic acids is 1. The number of amides is 1. The van der Waals surface area contributed by atoms with E-state index in [-0.39, 0.29) is 5.91 Å². The van der Waals surface area contributed by atoms with Crippen molar-refractivity contribution in [2.45, 2.75) is 6.10 Å². The summed E-state index contributed by atoms with van der Waals surface area (Å²) in [6.45, 7) is 3.67. The van der Waals surface area contributed by atoms with Gasteiger partial charge < -0.3 is 23.8 Å². The molecule has 1 saturated heterocycles. The van der Waals surface area contributed by atoms with E-state index in [1.807, 2.05) is 60.7 Å². The van der Waals surface area contributed by atoms with Crippen molar-refractivity contribution in [1.29, 1.82) is 0 Å². The quantitative estimate of drug-likeness (QED) is 0.424. The fourth-order valence-corrected chi connectivity index (χ4v) is 4.34. The van der Waals surface area contributed by atoms with Gasteiger partial charge in [-0.05, 0) is 41.5 Å². The van der Waals surface area contributed by atoms with Gasteiger partial charge in [0.1, 0.15) is 12.4 Å². The zero-order chi connectivity index (χ0) is 24.9. The Morgan fingerprint density at radius 2 is 1.64 bits per heavy atom. The van der Waals surface area contributed by atoms with Crippen LogP contribution in [-0.2, 0) is 9.53 Å². The van der Waals surface area contributed by atoms with Gasteiger partial charge in [0.15, 0.2) is 17.3 Å². The summed E-state index contributed by atoms with van der Waals surface area (Å²) in [5.74, 6) is 1.98. The summed E-state index contributed by atoms with van der Waals surface area (Å²) in [6.07, 6.45) is 2.12. The minimum Gasteiger partial charge on any atom is -0.493 e. The molecule has 36 heavy (non-hydrogen) atoms. The van der Waals surface area contributed by atoms with Crippen molar-refractivity contribution in [3.63, 3.8) is 0 Å². The maximum atomic E-state index is 13.1. The lowest BCUT2D eigenvalue weighted by molar-refractivity contribution is -0.116. The Hall–Kier alpha value is -3.81. The Labute approximate surface area is 211 Å². The summed E-state index contributed by atoms with van der Waals surface area (Å²) in [6, 6.07) is 23.4. The van der Waals surface area contributed by atoms with E-state index in [1.54, 1.807) is 25.2 Å². The number of hydrogen-bond acceptors (Lipinski definition) is 6. The molecule has 1 fully saturated rings. The highest BCUT2D eigenvalue weighted by Crippen LogP contribution is 2.34. The van der Waals surface area contributed by atoms with E-state index in [0.29, 0.717) is 42.3 Å². The van der Waals surface area contributed by atoms with Gasteiger partial charge in [-0.1, -0.05) is 42.5 Å². The van der Waals surface area contributed by atoms with E-state index in [1.165, 1.54) is 0 Å². The van der Waals surface area contributed by atoms with Gasteiger partial charge in [-0.3, -0.25) is 9.69 Å². The molecule has 0 N–H and O–H groups in total. The minimum absolute atomic E-state index is 0.191. The fraction of sp³-hybridized carbons (Fsp3) is 0.276. The first-order chi connectivity index (χ1) is 17.6. The fourth-order valence-electron chi connectivity index (χ4n) is 4.34. The summed E-state index contributed by atoms with van der Waals surface area (Å²) in [4.78, 5) is 17.0. The number of benzene rings is 3. The average Bonchev–Trinajstić information content (AvgIpc) is 3.26. The largest absolute Gasteiger partial charge is 0.493 e. The molecule has 2 aliphatic heterocycles. The average molecular weight is 487 g/mol. The zero-order valence-electron chi connectivity index (χ0n) is 20.6. The van der Waals surface area contributed by atoms with Crippen LogP contribution >= 0.6 is 0 Å². The molecule has 2 aliphatic rings. The number of anilines is 1. The second-order valence-corrected chi connectivity index (χ2v) is 8.78. The van der Waals surface area contributed by atoms with Crippen LogP contribution in [0.25, 0.3) is 11.1 Å². The van der Waals surface area contributed by atoms with Crippen molar-refractivity contribution in [3.05, 3.63) is 84.6 Å². The van der Waals surface area contributed by atoms with E-state index in [2.05, 4.69) is 17.0 Å². The number of hydrogen-bond donors (Lipinski definition) is 0. The van der Waals surface area contributed by atoms with E-state index in [0.717, 1.165) is 36.4 Å². The first-order valence-corrected chi connectivity index (χ1v) is 12.1. The Bertz CT molecular complexity index is 1220. The molecule has 3 aromatic rings. The summed E-state index contributed by atoms with van der Waals surface area (Å²) in [5, 5.41) is 0. The molecular formula is C29H30N2O5. The number of ether oxygens (including phenoxy) is 4. The highest BCUT2D eigenvalue weighted by atomic mass is 16.5. The summed E-state index contributed by atoms with van der Waals surface area (Å²) in [7, 11) is 3.34. The molecule has 7 heteroatoms. The highest BCUT2D eigenvalue weighted by Gasteiger charge is 2.28. The van der Waals surface area contributed by atoms with Crippen molar-refractivity contribution in [2.75, 3.05) is 51.9 Å². The van der Waals surface area contributed by atoms with Crippen LogP contribution in [0.3, 0.4) is 0 Å². The van der Waals surface area contributed by atoms with Crippen LogP contribution in [0.2, 0.25) is 0 Å². The number of nitrogens with zero attached hydrogens (tertiary/aromatic N) is 2. The van der Waals surface area contributed by atoms with Crippen LogP contribution in [-0.4, -0.2) is 63.9 Å². The summed E-state index contributed by atoms with van der Waals surface area (Å²) >= 11 is 0. The molecule has 0 spiro atoms. The van der Waals surface area contributed by atoms with Gasteiger partial charge >= 0.3 is 0 Å². The van der Waals surface area contributed by atoms with Gasteiger partial charge in [0.05, 0.1) is 13.2 Å². The van der Waals surface area contributed by atoms with Crippen LogP contribution in [0.15, 0.2) is 84.6 Å². The lowest BCUT2D eigenvalue weighted by Crippen LogP contribution is -2.52. The molecule has 0 aliphatic carbocycles. The van der Waals surface area contributed by atoms with Gasteiger partial charge in [-0.2, -0.15) is 0 Å². The number of likely N-dealkylation sites (tertiary alicyclic amines) is 1. The van der Waals surface area contributed by atoms with Gasteiger partial charge in [0.25, 0.3) is 5.91 Å². The molecule has 3 aromatic carbocycles. The standard InChI is InChI=1S/C29H30N2O5/c1-33-25-19-30(20-25)16-17-35-26-13-10-23(18-28(26)34-2)31-15-14-27(29(31)32)36-24-11-8-22(9-12-24)21-6-4-3-5-7-21/h3-14,18,25H,15-17,19-20H2,1-2H3. The maximum absolute atomic E-state index is 13.1. The maximum Gasteiger partial charge on any atom is 0.294 e. The van der Waals surface area contributed by atoms with E-state index < -0.39 is 0 Å². The molecule has 186 valence electrons. The molecule has 2 heterocycles. The van der Waals surface area contributed by atoms with Crippen LogP contribution in [0.4, 0.5) is 5.69 Å². The number of rotatable bonds is 10. The van der Waals surface area contributed by atoms with Gasteiger partial charge in [0, 0.05) is 45.0 Å². The predicted octanol–water partition coefficient (Wildman–Crippen LogP) is 4.38. The molecule has 7 nitrogen and oxygen atoms in total. The Balaban J connectivity index is 1.18. The Morgan fingerprint density at radius 3 is 2.36 bits per heavy atom. The third kappa shape index (κ3) is 5.22. The van der Waals surface area contributed by atoms with E-state index >= 15 is 0 Å². The number of carbonyl (C=O) groups is 1. The molecule has 0 aromatic heterocycles. The van der Waals surface area contributed by atoms with Crippen molar-refractivity contribution in [3.8, 4) is 28.4 Å². The van der Waals surface area contributed by atoms with Crippen molar-refractivity contribution >= 4 is 11.6 Å². The van der Waals surface area contributed by atoms with E-state index in [4.69, 9.17) is 18.9 Å². The first-order valence-electron chi connectivity index (χ1n) is 12.1. The predicted molar refractivity (Wildman–Crippen MR) is 139 cm³/mol. The van der Waals surface area contributed by atoms with Gasteiger partial charge in [-0.25, -0.2) is 0 Å². The SMILES string of the molecule is COc1cc(N2CC=C(Oc3ccc(-c4ccccc4)cc3)C2=O)ccc1OCCN1CC(OC)C1. The van der Waals surface area contributed by atoms with Crippen LogP contribution in [0.1, 0.15) is 0 Å². The zero-order valence-corrected chi connectivity index (χ0v) is 20.6. The second-order valence-electron chi connectivity index (χ2n) is 8.78. The lowest BCUT2D eigenvalue weighted by Gasteiger charge is -2.37. The minimum atomic E-state index is -0.191. The van der Waals surface area contributed by atoms with Crippen LogP contribution in [0.5, 0.6) is 17.2 Å². The molecule has 0 unspecified atom stereocenters. The van der Waals surface area contributed by atoms with Crippen LogP contribution < -0.4 is 19.1 Å². The van der Waals surface area contributed by atoms with E-state index in [9.17, 15) is 4.79 Å². The highest BCUT2D eigenvalue weighted by molar-refractivity contribution is 6.07. The second kappa shape index (κ2) is 10.8. The molecule has 0 saturated carbocycles. The van der Waals surface area contributed by atoms with Crippen molar-refractivity contribution in [2.24, 2.45) is 0 Å². The van der Waals surface area contributed by atoms with Crippen molar-refractivity contribution < 1.29 is 23.7 Å². The molecule has 0 radical (unpaired) electrons. The van der Waals surface area contributed by atoms with Gasteiger partial charge in [0.2, 0.25) is 0 Å². The monoisotopic (exact) mass is 486 g/mol. The normalized spacial score (nSPS) is 16.0. The van der Waals surface area contributed by atoms with Gasteiger partial charge in [-0.15, -0.1) is 0 Å². The van der Waals surface area contributed by atoms with Crippen LogP contribution in [0, 0.1) is 0 Å². The first kappa shape index (κ1) is 23.9. The van der Waals surface area contributed by atoms with Crippen molar-refractivity contribution in [1.82, 2.24) is 4.90 Å². The molecular weight excluding hydrogens is 456 g/mol. The third-order valence-electron chi connectivity index (χ3n) is 6.49. The summed E-state index contributed by atoms with van der Waals surface area (Å²) < 4.78 is 22.7. The Morgan fingerprint density at radius 1 is 0.889 bits per heavy atom. The Kier molecular flexibility index (Phi) is 7.21. The summed E-state index contributed by atoms with van der Waals surface area (Å²) in [5.41, 5.74) is 2.95. The third-order valence-corrected chi connectivity index (χ3v) is 6.49.